The highest BCUT2D eigenvalue weighted by atomic mass is 32.2. The molecule has 0 saturated heterocycles. The van der Waals surface area contributed by atoms with E-state index in [2.05, 4.69) is 5.32 Å². The van der Waals surface area contributed by atoms with Crippen LogP contribution < -0.4 is 10.1 Å². The van der Waals surface area contributed by atoms with Crippen LogP contribution in [0.1, 0.15) is 31.9 Å². The second kappa shape index (κ2) is 4.90. The topological polar surface area (TPSA) is 55.4 Å². The van der Waals surface area contributed by atoms with E-state index in [-0.39, 0.29) is 11.3 Å². The van der Waals surface area contributed by atoms with E-state index in [1.165, 1.54) is 0 Å². The van der Waals surface area contributed by atoms with E-state index in [4.69, 9.17) is 4.74 Å². The molecule has 1 aromatic carbocycles. The van der Waals surface area contributed by atoms with Crippen LogP contribution in [0.4, 0.5) is 0 Å². The van der Waals surface area contributed by atoms with Crippen LogP contribution in [0.3, 0.4) is 0 Å². The highest BCUT2D eigenvalue weighted by Crippen LogP contribution is 2.41. The van der Waals surface area contributed by atoms with Gasteiger partial charge in [0, 0.05) is 0 Å². The van der Waals surface area contributed by atoms with Crippen molar-refractivity contribution in [3.05, 3.63) is 23.8 Å². The Bertz CT molecular complexity index is 539. The Labute approximate surface area is 108 Å². The van der Waals surface area contributed by atoms with Gasteiger partial charge in [-0.05, 0) is 36.7 Å². The fourth-order valence-corrected chi connectivity index (χ4v) is 4.75. The monoisotopic (exact) mass is 269 g/mol. The highest BCUT2D eigenvalue weighted by molar-refractivity contribution is 7.92. The molecule has 0 aromatic heterocycles. The Morgan fingerprint density at radius 3 is 2.61 bits per heavy atom. The molecule has 0 saturated carbocycles. The van der Waals surface area contributed by atoms with Gasteiger partial charge in [-0.25, -0.2) is 8.42 Å². The van der Waals surface area contributed by atoms with E-state index in [1.54, 1.807) is 19.2 Å². The Hall–Kier alpha value is -1.07. The first-order valence-electron chi connectivity index (χ1n) is 6.21. The van der Waals surface area contributed by atoms with Gasteiger partial charge in [0.1, 0.15) is 5.75 Å². The summed E-state index contributed by atoms with van der Waals surface area (Å²) in [7, 11) is -1.62. The molecule has 0 spiro atoms. The third-order valence-corrected chi connectivity index (χ3v) is 5.84. The first kappa shape index (κ1) is 13.4. The van der Waals surface area contributed by atoms with Gasteiger partial charge in [-0.15, -0.1) is 0 Å². The summed E-state index contributed by atoms with van der Waals surface area (Å²) in [6, 6.07) is 5.06. The summed E-state index contributed by atoms with van der Waals surface area (Å²) in [6.45, 7) is 4.64. The first-order valence-corrected chi connectivity index (χ1v) is 7.76. The van der Waals surface area contributed by atoms with Crippen molar-refractivity contribution >= 4 is 9.84 Å². The van der Waals surface area contributed by atoms with Crippen LogP contribution in [0.15, 0.2) is 23.1 Å². The number of nitrogens with one attached hydrogen (secondary N) is 1. The van der Waals surface area contributed by atoms with Crippen molar-refractivity contribution in [3.8, 4) is 5.75 Å². The second-order valence-corrected chi connectivity index (χ2v) is 6.57. The summed E-state index contributed by atoms with van der Waals surface area (Å²) in [5.74, 6) is 0.698. The summed E-state index contributed by atoms with van der Waals surface area (Å²) in [6.07, 6.45) is 0.608. The lowest BCUT2D eigenvalue weighted by atomic mass is 10.0. The predicted molar refractivity (Wildman–Crippen MR) is 70.7 cm³/mol. The van der Waals surface area contributed by atoms with Gasteiger partial charge < -0.3 is 10.1 Å². The van der Waals surface area contributed by atoms with Gasteiger partial charge in [-0.3, -0.25) is 0 Å². The van der Waals surface area contributed by atoms with E-state index in [1.807, 2.05) is 19.9 Å². The molecule has 1 aliphatic heterocycles. The lowest BCUT2D eigenvalue weighted by Crippen LogP contribution is -2.31. The molecular weight excluding hydrogens is 250 g/mol. The predicted octanol–water partition coefficient (Wildman–Crippen LogP) is 1.91. The molecule has 4 nitrogen and oxygen atoms in total. The van der Waals surface area contributed by atoms with Gasteiger partial charge in [0.25, 0.3) is 0 Å². The minimum absolute atomic E-state index is 0.130. The summed E-state index contributed by atoms with van der Waals surface area (Å²) in [5, 5.41) is 2.90. The molecule has 0 aliphatic carbocycles. The van der Waals surface area contributed by atoms with E-state index in [0.717, 1.165) is 12.1 Å². The Kier molecular flexibility index (Phi) is 3.64. The average molecular weight is 269 g/mol. The SMILES string of the molecule is CCNC1c2cc(OC)ccc2S(=O)(=O)C1CC. The zero-order valence-electron chi connectivity index (χ0n) is 10.9. The number of hydrogen-bond donors (Lipinski definition) is 1. The Morgan fingerprint density at radius 1 is 1.33 bits per heavy atom. The van der Waals surface area contributed by atoms with E-state index in [9.17, 15) is 8.42 Å². The summed E-state index contributed by atoms with van der Waals surface area (Å²) < 4.78 is 30.0. The van der Waals surface area contributed by atoms with Gasteiger partial charge >= 0.3 is 0 Å². The molecule has 2 unspecified atom stereocenters. The Morgan fingerprint density at radius 2 is 2.06 bits per heavy atom. The molecular formula is C13H19NO3S. The van der Waals surface area contributed by atoms with Crippen molar-refractivity contribution in [2.24, 2.45) is 0 Å². The summed E-state index contributed by atoms with van der Waals surface area (Å²) in [4.78, 5) is 0.445. The largest absolute Gasteiger partial charge is 0.497 e. The average Bonchev–Trinajstić information content (AvgIpc) is 2.57. The molecule has 1 heterocycles. The number of methoxy groups -OCH3 is 1. The van der Waals surface area contributed by atoms with Gasteiger partial charge in [-0.1, -0.05) is 13.8 Å². The molecule has 1 N–H and O–H groups in total. The normalized spacial score (nSPS) is 24.8. The summed E-state index contributed by atoms with van der Waals surface area (Å²) in [5.41, 5.74) is 0.836. The Balaban J connectivity index is 2.58. The van der Waals surface area contributed by atoms with Gasteiger partial charge in [-0.2, -0.15) is 0 Å². The number of ether oxygens (including phenoxy) is 1. The smallest absolute Gasteiger partial charge is 0.183 e. The van der Waals surface area contributed by atoms with Crippen LogP contribution in [0.5, 0.6) is 5.75 Å². The zero-order valence-corrected chi connectivity index (χ0v) is 11.8. The van der Waals surface area contributed by atoms with Crippen molar-refractivity contribution in [1.82, 2.24) is 5.32 Å². The fourth-order valence-electron chi connectivity index (χ4n) is 2.61. The molecule has 1 aliphatic rings. The van der Waals surface area contributed by atoms with Crippen molar-refractivity contribution < 1.29 is 13.2 Å². The number of rotatable bonds is 4. The summed E-state index contributed by atoms with van der Waals surface area (Å²) >= 11 is 0. The molecule has 100 valence electrons. The highest BCUT2D eigenvalue weighted by Gasteiger charge is 2.43. The molecule has 0 amide bonds. The maximum absolute atomic E-state index is 12.4. The van der Waals surface area contributed by atoms with Crippen LogP contribution in [-0.4, -0.2) is 27.3 Å². The van der Waals surface area contributed by atoms with Crippen molar-refractivity contribution in [2.45, 2.75) is 36.5 Å². The molecule has 2 rings (SSSR count). The van der Waals surface area contributed by atoms with Crippen LogP contribution in [0.25, 0.3) is 0 Å². The molecule has 18 heavy (non-hydrogen) atoms. The molecule has 2 atom stereocenters. The minimum Gasteiger partial charge on any atom is -0.497 e. The third kappa shape index (κ3) is 1.91. The number of sulfone groups is 1. The van der Waals surface area contributed by atoms with E-state index >= 15 is 0 Å². The molecule has 0 fully saturated rings. The molecule has 0 radical (unpaired) electrons. The molecule has 5 heteroatoms. The van der Waals surface area contributed by atoms with Crippen molar-refractivity contribution in [1.29, 1.82) is 0 Å². The maximum Gasteiger partial charge on any atom is 0.183 e. The lowest BCUT2D eigenvalue weighted by molar-refractivity contribution is 0.412. The van der Waals surface area contributed by atoms with Crippen LogP contribution in [0, 0.1) is 0 Å². The molecule has 1 aromatic rings. The first-order chi connectivity index (χ1) is 8.56. The number of fused-ring (bicyclic) bond motifs is 1. The second-order valence-electron chi connectivity index (χ2n) is 4.43. The quantitative estimate of drug-likeness (QED) is 0.907. The maximum atomic E-state index is 12.4. The van der Waals surface area contributed by atoms with E-state index < -0.39 is 9.84 Å². The van der Waals surface area contributed by atoms with Crippen LogP contribution in [0.2, 0.25) is 0 Å². The third-order valence-electron chi connectivity index (χ3n) is 3.46. The van der Waals surface area contributed by atoms with Crippen LogP contribution >= 0.6 is 0 Å². The fraction of sp³-hybridized carbons (Fsp3) is 0.538. The van der Waals surface area contributed by atoms with Gasteiger partial charge in [0.2, 0.25) is 0 Å². The zero-order chi connectivity index (χ0) is 13.3. The minimum atomic E-state index is -3.21. The standard InChI is InChI=1S/C13H19NO3S/c1-4-11-13(14-5-2)10-8-9(17-3)6-7-12(10)18(11,15)16/h6-8,11,13-14H,4-5H2,1-3H3. The van der Waals surface area contributed by atoms with Crippen molar-refractivity contribution in [3.63, 3.8) is 0 Å². The number of benzene rings is 1. The number of hydrogen-bond acceptors (Lipinski definition) is 4. The van der Waals surface area contributed by atoms with E-state index in [0.29, 0.717) is 17.1 Å². The van der Waals surface area contributed by atoms with Crippen molar-refractivity contribution in [2.75, 3.05) is 13.7 Å². The van der Waals surface area contributed by atoms with Gasteiger partial charge in [0.15, 0.2) is 9.84 Å². The lowest BCUT2D eigenvalue weighted by Gasteiger charge is -2.18. The molecule has 0 bridgehead atoms. The van der Waals surface area contributed by atoms with Crippen LogP contribution in [-0.2, 0) is 9.84 Å². The van der Waals surface area contributed by atoms with Gasteiger partial charge in [0.05, 0.1) is 23.3 Å².